The Hall–Kier alpha value is 0.300. The molecule has 0 bridgehead atoms. The molecular weight excluding hydrogens is 236 g/mol. The van der Waals surface area contributed by atoms with Crippen LogP contribution in [0.4, 0.5) is 0 Å². The zero-order valence-electron chi connectivity index (χ0n) is 7.35. The fourth-order valence-electron chi connectivity index (χ4n) is 0.664. The third-order valence-electron chi connectivity index (χ3n) is 1.20. The number of hydrogen-bond donors (Lipinski definition) is 2. The van der Waals surface area contributed by atoms with Gasteiger partial charge in [-0.1, -0.05) is 48.7 Å². The topological polar surface area (TPSA) is 49.3 Å². The summed E-state index contributed by atoms with van der Waals surface area (Å²) in [6, 6.07) is 0. The zero-order chi connectivity index (χ0) is 10.6. The number of nitrogens with one attached hydrogen (secondary N) is 1. The highest BCUT2D eigenvalue weighted by molar-refractivity contribution is 6.68. The second-order valence-electron chi connectivity index (χ2n) is 3.11. The van der Waals surface area contributed by atoms with E-state index in [-0.39, 0.29) is 18.2 Å². The maximum Gasteiger partial charge on any atom is 0.234 e. The van der Waals surface area contributed by atoms with Gasteiger partial charge in [0.25, 0.3) is 0 Å². The molecule has 1 atom stereocenters. The third-order valence-corrected chi connectivity index (χ3v) is 1.82. The highest BCUT2D eigenvalue weighted by Crippen LogP contribution is 2.28. The molecule has 0 aromatic heterocycles. The molecule has 3 nitrogen and oxygen atoms in total. The van der Waals surface area contributed by atoms with Gasteiger partial charge < -0.3 is 10.4 Å². The molecule has 0 aliphatic heterocycles. The monoisotopic (exact) mass is 247 g/mol. The fourth-order valence-corrected chi connectivity index (χ4v) is 0.828. The van der Waals surface area contributed by atoms with Crippen LogP contribution in [0, 0.1) is 5.92 Å². The third kappa shape index (κ3) is 6.38. The van der Waals surface area contributed by atoms with Crippen molar-refractivity contribution in [2.45, 2.75) is 30.3 Å². The summed E-state index contributed by atoms with van der Waals surface area (Å²) in [7, 11) is 0. The number of alkyl halides is 3. The Morgan fingerprint density at radius 2 is 1.92 bits per heavy atom. The quantitative estimate of drug-likeness (QED) is 0.591. The molecule has 6 heteroatoms. The Bertz CT molecular complexity index is 179. The number of rotatable bonds is 3. The van der Waals surface area contributed by atoms with Gasteiger partial charge in [-0.25, -0.2) is 0 Å². The number of carbonyl (C=O) groups is 1. The average molecular weight is 249 g/mol. The van der Waals surface area contributed by atoms with Crippen LogP contribution in [0.2, 0.25) is 0 Å². The van der Waals surface area contributed by atoms with Crippen LogP contribution in [0.1, 0.15) is 20.3 Å². The highest BCUT2D eigenvalue weighted by atomic mass is 35.6. The Morgan fingerprint density at radius 3 is 2.23 bits per heavy atom. The van der Waals surface area contributed by atoms with Crippen LogP contribution in [0.15, 0.2) is 0 Å². The number of aliphatic hydroxyl groups excluding tert-OH is 1. The Kier molecular flexibility index (Phi) is 5.37. The van der Waals surface area contributed by atoms with Crippen LogP contribution in [-0.4, -0.2) is 21.0 Å². The summed E-state index contributed by atoms with van der Waals surface area (Å²) < 4.78 is -1.88. The van der Waals surface area contributed by atoms with E-state index in [2.05, 4.69) is 5.32 Å². The van der Waals surface area contributed by atoms with Gasteiger partial charge in [-0.3, -0.25) is 4.79 Å². The first-order valence-electron chi connectivity index (χ1n) is 3.77. The molecule has 0 aromatic rings. The molecule has 0 aliphatic rings. The summed E-state index contributed by atoms with van der Waals surface area (Å²) in [5.41, 5.74) is 0. The summed E-state index contributed by atoms with van der Waals surface area (Å²) in [5.74, 6) is -0.142. The predicted molar refractivity (Wildman–Crippen MR) is 53.9 cm³/mol. The molecule has 1 unspecified atom stereocenters. The first kappa shape index (κ1) is 13.3. The van der Waals surface area contributed by atoms with Gasteiger partial charge in [-0.15, -0.1) is 0 Å². The van der Waals surface area contributed by atoms with Crippen molar-refractivity contribution in [1.29, 1.82) is 0 Å². The van der Waals surface area contributed by atoms with Crippen molar-refractivity contribution in [2.24, 2.45) is 5.92 Å². The fraction of sp³-hybridized carbons (Fsp3) is 0.857. The van der Waals surface area contributed by atoms with Crippen LogP contribution in [0.3, 0.4) is 0 Å². The standard InChI is InChI=1S/C7H12Cl3NO2/c1-4(2)3-5(12)11-6(13)7(8,9)10/h4,6,13H,3H2,1-2H3,(H,11,12). The molecule has 0 rings (SSSR count). The Balaban J connectivity index is 3.93. The van der Waals surface area contributed by atoms with Gasteiger partial charge in [0.2, 0.25) is 9.70 Å². The second kappa shape index (κ2) is 5.25. The minimum Gasteiger partial charge on any atom is -0.369 e. The van der Waals surface area contributed by atoms with Crippen molar-refractivity contribution < 1.29 is 9.90 Å². The van der Waals surface area contributed by atoms with Crippen molar-refractivity contribution in [1.82, 2.24) is 5.32 Å². The molecule has 78 valence electrons. The summed E-state index contributed by atoms with van der Waals surface area (Å²) in [5, 5.41) is 11.3. The van der Waals surface area contributed by atoms with E-state index >= 15 is 0 Å². The smallest absolute Gasteiger partial charge is 0.234 e. The lowest BCUT2D eigenvalue weighted by Gasteiger charge is -2.20. The molecule has 0 spiro atoms. The summed E-state index contributed by atoms with van der Waals surface area (Å²) >= 11 is 16.0. The van der Waals surface area contributed by atoms with E-state index in [1.807, 2.05) is 13.8 Å². The van der Waals surface area contributed by atoms with Gasteiger partial charge in [0.05, 0.1) is 0 Å². The van der Waals surface area contributed by atoms with E-state index < -0.39 is 10.0 Å². The second-order valence-corrected chi connectivity index (χ2v) is 5.48. The first-order chi connectivity index (χ1) is 5.73. The molecule has 0 fully saturated rings. The van der Waals surface area contributed by atoms with Crippen LogP contribution in [-0.2, 0) is 4.79 Å². The van der Waals surface area contributed by atoms with E-state index in [1.54, 1.807) is 0 Å². The van der Waals surface area contributed by atoms with Crippen LogP contribution < -0.4 is 5.32 Å². The van der Waals surface area contributed by atoms with Crippen LogP contribution >= 0.6 is 34.8 Å². The number of amides is 1. The number of halogens is 3. The molecule has 0 radical (unpaired) electrons. The van der Waals surface area contributed by atoms with Gasteiger partial charge in [0.1, 0.15) is 0 Å². The minimum atomic E-state index is -1.88. The van der Waals surface area contributed by atoms with E-state index in [0.717, 1.165) is 0 Å². The largest absolute Gasteiger partial charge is 0.369 e. The maximum atomic E-state index is 11.1. The van der Waals surface area contributed by atoms with Gasteiger partial charge in [0.15, 0.2) is 6.23 Å². The van der Waals surface area contributed by atoms with E-state index in [4.69, 9.17) is 39.9 Å². The molecule has 0 aromatic carbocycles. The van der Waals surface area contributed by atoms with Gasteiger partial charge >= 0.3 is 0 Å². The summed E-state index contributed by atoms with van der Waals surface area (Å²) in [6.45, 7) is 3.75. The molecule has 13 heavy (non-hydrogen) atoms. The predicted octanol–water partition coefficient (Wildman–Crippen LogP) is 1.84. The van der Waals surface area contributed by atoms with E-state index in [1.165, 1.54) is 0 Å². The normalized spacial score (nSPS) is 14.4. The van der Waals surface area contributed by atoms with Crippen molar-refractivity contribution in [3.63, 3.8) is 0 Å². The van der Waals surface area contributed by atoms with Gasteiger partial charge in [-0.2, -0.15) is 0 Å². The van der Waals surface area contributed by atoms with Crippen molar-refractivity contribution in [3.05, 3.63) is 0 Å². The number of carbonyl (C=O) groups excluding carboxylic acids is 1. The summed E-state index contributed by atoms with van der Waals surface area (Å²) in [4.78, 5) is 11.1. The Labute approximate surface area is 92.3 Å². The molecular formula is C7H12Cl3NO2. The van der Waals surface area contributed by atoms with Crippen LogP contribution in [0.5, 0.6) is 0 Å². The van der Waals surface area contributed by atoms with Gasteiger partial charge in [-0.05, 0) is 5.92 Å². The minimum absolute atomic E-state index is 0.197. The SMILES string of the molecule is CC(C)CC(=O)NC(O)C(Cl)(Cl)Cl. The molecule has 1 amide bonds. The van der Waals surface area contributed by atoms with Crippen LogP contribution in [0.25, 0.3) is 0 Å². The van der Waals surface area contributed by atoms with E-state index in [9.17, 15) is 4.79 Å². The Morgan fingerprint density at radius 1 is 1.46 bits per heavy atom. The van der Waals surface area contributed by atoms with Crippen molar-refractivity contribution >= 4 is 40.7 Å². The number of aliphatic hydroxyl groups is 1. The molecule has 0 aliphatic carbocycles. The molecule has 0 saturated heterocycles. The van der Waals surface area contributed by atoms with Crippen molar-refractivity contribution in [3.8, 4) is 0 Å². The summed E-state index contributed by atoms with van der Waals surface area (Å²) in [6.07, 6.45) is -1.18. The maximum absolute atomic E-state index is 11.1. The zero-order valence-corrected chi connectivity index (χ0v) is 9.62. The lowest BCUT2D eigenvalue weighted by molar-refractivity contribution is -0.124. The molecule has 0 saturated carbocycles. The van der Waals surface area contributed by atoms with E-state index in [0.29, 0.717) is 0 Å². The molecule has 0 heterocycles. The lowest BCUT2D eigenvalue weighted by Crippen LogP contribution is -2.43. The highest BCUT2D eigenvalue weighted by Gasteiger charge is 2.31. The lowest BCUT2D eigenvalue weighted by atomic mass is 10.1. The average Bonchev–Trinajstić information content (AvgIpc) is 1.82. The van der Waals surface area contributed by atoms with Gasteiger partial charge in [0, 0.05) is 6.42 Å². The van der Waals surface area contributed by atoms with Crippen molar-refractivity contribution in [2.75, 3.05) is 0 Å². The number of hydrogen-bond acceptors (Lipinski definition) is 2. The molecule has 2 N–H and O–H groups in total. The first-order valence-corrected chi connectivity index (χ1v) is 4.91.